The van der Waals surface area contributed by atoms with E-state index < -0.39 is 24.3 Å². The fourth-order valence-electron chi connectivity index (χ4n) is 2.26. The van der Waals surface area contributed by atoms with E-state index in [0.717, 1.165) is 16.9 Å². The number of carbonyl (C=O) groups is 1. The Labute approximate surface area is 181 Å². The minimum Gasteiger partial charge on any atom is -0.492 e. The molecule has 1 aromatic carbocycles. The lowest BCUT2D eigenvalue weighted by Gasteiger charge is -2.12. The first-order chi connectivity index (χ1) is 14.7. The number of benzene rings is 1. The molecular formula is C17H14BrF3N6O4. The molecule has 0 spiro atoms. The van der Waals surface area contributed by atoms with Crippen LogP contribution in [0, 0.1) is 0 Å². The highest BCUT2D eigenvalue weighted by Gasteiger charge is 2.31. The first-order valence-electron chi connectivity index (χ1n) is 8.68. The molecule has 0 saturated heterocycles. The topological polar surface area (TPSA) is 125 Å². The van der Waals surface area contributed by atoms with Crippen LogP contribution < -0.4 is 9.47 Å². The van der Waals surface area contributed by atoms with Crippen molar-refractivity contribution in [2.24, 2.45) is 0 Å². The molecular weight excluding hydrogens is 489 g/mol. The third kappa shape index (κ3) is 6.34. The van der Waals surface area contributed by atoms with Gasteiger partial charge in [0.15, 0.2) is 6.54 Å². The van der Waals surface area contributed by atoms with Crippen LogP contribution in [0.25, 0.3) is 11.5 Å². The van der Waals surface area contributed by atoms with E-state index >= 15 is 0 Å². The Bertz CT molecular complexity index is 1050. The van der Waals surface area contributed by atoms with Gasteiger partial charge in [-0.1, -0.05) is 0 Å². The van der Waals surface area contributed by atoms with Gasteiger partial charge in [0, 0.05) is 12.5 Å². The summed E-state index contributed by atoms with van der Waals surface area (Å²) in [4.78, 5) is 11.5. The summed E-state index contributed by atoms with van der Waals surface area (Å²) in [5.41, 5.74) is -0.517. The first-order valence-corrected chi connectivity index (χ1v) is 9.48. The van der Waals surface area contributed by atoms with E-state index in [4.69, 9.17) is 14.6 Å². The van der Waals surface area contributed by atoms with Crippen molar-refractivity contribution < 1.29 is 32.5 Å². The summed E-state index contributed by atoms with van der Waals surface area (Å²) < 4.78 is 49.6. The SMILES string of the molecule is O=C(O)Cn1nnc(-c2ccc(OCCCOc3cc(C(F)(F)F)ccc3Br)nn2)n1. The lowest BCUT2D eigenvalue weighted by Crippen LogP contribution is -2.11. The molecule has 31 heavy (non-hydrogen) atoms. The van der Waals surface area contributed by atoms with Crippen LogP contribution >= 0.6 is 15.9 Å². The van der Waals surface area contributed by atoms with E-state index in [1.165, 1.54) is 18.2 Å². The molecule has 3 aromatic rings. The van der Waals surface area contributed by atoms with Crippen LogP contribution in [0.3, 0.4) is 0 Å². The molecule has 0 atom stereocenters. The standard InChI is InChI=1S/C17H14BrF3N6O4/c18-11-3-2-10(17(19,20)21)8-13(11)30-6-1-7-31-14-5-4-12(22-23-14)16-24-26-27(25-16)9-15(28)29/h2-5,8H,1,6-7,9H2,(H,28,29). The number of hydrogen-bond donors (Lipinski definition) is 1. The molecule has 3 rings (SSSR count). The van der Waals surface area contributed by atoms with Crippen molar-refractivity contribution >= 4 is 21.9 Å². The Balaban J connectivity index is 1.46. The molecule has 1 N–H and O–H groups in total. The van der Waals surface area contributed by atoms with Crippen LogP contribution in [0.15, 0.2) is 34.8 Å². The number of ether oxygens (including phenoxy) is 2. The summed E-state index contributed by atoms with van der Waals surface area (Å²) in [5.74, 6) is -0.701. The number of rotatable bonds is 9. The van der Waals surface area contributed by atoms with Gasteiger partial charge in [-0.05, 0) is 45.4 Å². The second-order valence-corrected chi connectivity index (χ2v) is 6.84. The number of hydrogen-bond acceptors (Lipinski definition) is 8. The molecule has 0 unspecified atom stereocenters. The fraction of sp³-hybridized carbons (Fsp3) is 0.294. The Morgan fingerprint density at radius 3 is 2.55 bits per heavy atom. The number of aliphatic carboxylic acids is 1. The molecule has 0 radical (unpaired) electrons. The predicted molar refractivity (Wildman–Crippen MR) is 101 cm³/mol. The highest BCUT2D eigenvalue weighted by atomic mass is 79.9. The van der Waals surface area contributed by atoms with Gasteiger partial charge in [0.05, 0.1) is 23.2 Å². The van der Waals surface area contributed by atoms with E-state index in [1.54, 1.807) is 0 Å². The van der Waals surface area contributed by atoms with Gasteiger partial charge in [-0.2, -0.15) is 18.0 Å². The molecule has 0 aliphatic carbocycles. The van der Waals surface area contributed by atoms with Crippen molar-refractivity contribution in [3.8, 4) is 23.1 Å². The number of tetrazole rings is 1. The largest absolute Gasteiger partial charge is 0.492 e. The number of alkyl halides is 3. The highest BCUT2D eigenvalue weighted by molar-refractivity contribution is 9.10. The number of carboxylic acid groups (broad SMARTS) is 1. The maximum absolute atomic E-state index is 12.8. The zero-order chi connectivity index (χ0) is 22.4. The molecule has 164 valence electrons. The summed E-state index contributed by atoms with van der Waals surface area (Å²) in [6.07, 6.45) is -4.07. The van der Waals surface area contributed by atoms with Gasteiger partial charge in [0.25, 0.3) is 0 Å². The predicted octanol–water partition coefficient (Wildman–Crippen LogP) is 2.84. The van der Waals surface area contributed by atoms with Gasteiger partial charge in [0.1, 0.15) is 11.4 Å². The van der Waals surface area contributed by atoms with Crippen molar-refractivity contribution in [3.63, 3.8) is 0 Å². The smallest absolute Gasteiger partial charge is 0.416 e. The lowest BCUT2D eigenvalue weighted by molar-refractivity contribution is -0.138. The van der Waals surface area contributed by atoms with Crippen molar-refractivity contribution in [2.45, 2.75) is 19.1 Å². The maximum Gasteiger partial charge on any atom is 0.416 e. The van der Waals surface area contributed by atoms with Gasteiger partial charge in [-0.15, -0.1) is 20.4 Å². The molecule has 14 heteroatoms. The maximum atomic E-state index is 12.8. The summed E-state index contributed by atoms with van der Waals surface area (Å²) in [6.45, 7) is -0.111. The number of nitrogens with zero attached hydrogens (tertiary/aromatic N) is 6. The third-order valence-electron chi connectivity index (χ3n) is 3.65. The Kier molecular flexibility index (Phi) is 6.99. The minimum atomic E-state index is -4.45. The second kappa shape index (κ2) is 9.68. The zero-order valence-electron chi connectivity index (χ0n) is 15.6. The summed E-state index contributed by atoms with van der Waals surface area (Å²) in [5, 5.41) is 27.6. The molecule has 0 fully saturated rings. The fourth-order valence-corrected chi connectivity index (χ4v) is 2.62. The van der Waals surface area contributed by atoms with Crippen molar-refractivity contribution in [1.29, 1.82) is 0 Å². The molecule has 10 nitrogen and oxygen atoms in total. The van der Waals surface area contributed by atoms with E-state index in [-0.39, 0.29) is 36.4 Å². The van der Waals surface area contributed by atoms with Crippen LogP contribution in [0.1, 0.15) is 12.0 Å². The van der Waals surface area contributed by atoms with E-state index in [0.29, 0.717) is 10.9 Å². The summed E-state index contributed by atoms with van der Waals surface area (Å²) in [7, 11) is 0. The van der Waals surface area contributed by atoms with Crippen molar-refractivity contribution in [1.82, 2.24) is 30.4 Å². The molecule has 0 bridgehead atoms. The first kappa shape index (κ1) is 22.4. The molecule has 2 aromatic heterocycles. The van der Waals surface area contributed by atoms with Crippen LogP contribution in [0.2, 0.25) is 0 Å². The van der Waals surface area contributed by atoms with E-state index in [9.17, 15) is 18.0 Å². The van der Waals surface area contributed by atoms with E-state index in [1.807, 2.05) is 0 Å². The molecule has 0 aliphatic rings. The van der Waals surface area contributed by atoms with Crippen LogP contribution in [0.4, 0.5) is 13.2 Å². The number of carboxylic acids is 1. The van der Waals surface area contributed by atoms with Gasteiger partial charge >= 0.3 is 12.1 Å². The number of halogens is 4. The van der Waals surface area contributed by atoms with Crippen LogP contribution in [-0.2, 0) is 17.5 Å². The normalized spacial score (nSPS) is 11.4. The number of aromatic nitrogens is 6. The van der Waals surface area contributed by atoms with E-state index in [2.05, 4.69) is 41.5 Å². The molecule has 0 aliphatic heterocycles. The Morgan fingerprint density at radius 1 is 1.10 bits per heavy atom. The van der Waals surface area contributed by atoms with Gasteiger partial charge in [-0.3, -0.25) is 4.79 Å². The zero-order valence-corrected chi connectivity index (χ0v) is 17.2. The average Bonchev–Trinajstić information content (AvgIpc) is 3.16. The van der Waals surface area contributed by atoms with Crippen molar-refractivity contribution in [3.05, 3.63) is 40.4 Å². The van der Waals surface area contributed by atoms with Crippen molar-refractivity contribution in [2.75, 3.05) is 13.2 Å². The minimum absolute atomic E-state index is 0.0856. The average molecular weight is 503 g/mol. The van der Waals surface area contributed by atoms with Gasteiger partial charge < -0.3 is 14.6 Å². The van der Waals surface area contributed by atoms with Gasteiger partial charge in [-0.25, -0.2) is 0 Å². The third-order valence-corrected chi connectivity index (χ3v) is 4.31. The molecule has 0 amide bonds. The summed E-state index contributed by atoms with van der Waals surface area (Å²) >= 11 is 3.16. The molecule has 2 heterocycles. The lowest BCUT2D eigenvalue weighted by atomic mass is 10.2. The summed E-state index contributed by atoms with van der Waals surface area (Å²) in [6, 6.07) is 6.21. The van der Waals surface area contributed by atoms with Gasteiger partial charge in [0.2, 0.25) is 11.7 Å². The van der Waals surface area contributed by atoms with Crippen LogP contribution in [-0.4, -0.2) is 54.7 Å². The second-order valence-electron chi connectivity index (χ2n) is 5.99. The Morgan fingerprint density at radius 2 is 1.87 bits per heavy atom. The van der Waals surface area contributed by atoms with Crippen LogP contribution in [0.5, 0.6) is 11.6 Å². The monoisotopic (exact) mass is 502 g/mol. The highest BCUT2D eigenvalue weighted by Crippen LogP contribution is 2.35. The quantitative estimate of drug-likeness (QED) is 0.439. The molecule has 0 saturated carbocycles. The Hall–Kier alpha value is -3.29.